The summed E-state index contributed by atoms with van der Waals surface area (Å²) < 4.78 is 0. The van der Waals surface area contributed by atoms with Crippen molar-refractivity contribution in [3.63, 3.8) is 0 Å². The van der Waals surface area contributed by atoms with Gasteiger partial charge in [-0.05, 0) is 54.8 Å². The molecule has 0 amide bonds. The lowest BCUT2D eigenvalue weighted by Gasteiger charge is -2.10. The molecule has 0 bridgehead atoms. The van der Waals surface area contributed by atoms with Gasteiger partial charge < -0.3 is 10.6 Å². The fraction of sp³-hybridized carbons (Fsp3) is 0.263. The van der Waals surface area contributed by atoms with Crippen LogP contribution in [0.1, 0.15) is 18.4 Å². The number of fused-ring (bicyclic) bond motifs is 1. The average molecular weight is 304 g/mol. The number of rotatable bonds is 5. The van der Waals surface area contributed by atoms with E-state index in [2.05, 4.69) is 63.1 Å². The maximum Gasteiger partial charge on any atom is 0.137 e. The largest absolute Gasteiger partial charge is 0.367 e. The number of hydrogen-bond acceptors (Lipinski definition) is 4. The van der Waals surface area contributed by atoms with E-state index in [9.17, 15) is 0 Å². The highest BCUT2D eigenvalue weighted by Gasteiger charge is 2.22. The molecule has 1 saturated carbocycles. The summed E-state index contributed by atoms with van der Waals surface area (Å²) >= 11 is 0. The van der Waals surface area contributed by atoms with Crippen LogP contribution in [0.15, 0.2) is 48.8 Å². The van der Waals surface area contributed by atoms with E-state index in [-0.39, 0.29) is 0 Å². The number of hydrogen-bond donors (Lipinski definition) is 2. The van der Waals surface area contributed by atoms with Crippen LogP contribution in [0, 0.1) is 0 Å². The fourth-order valence-corrected chi connectivity index (χ4v) is 2.84. The van der Waals surface area contributed by atoms with Gasteiger partial charge in [0.1, 0.15) is 12.1 Å². The van der Waals surface area contributed by atoms with E-state index in [0.29, 0.717) is 6.04 Å². The number of nitrogens with zero attached hydrogens (tertiary/aromatic N) is 2. The number of benzene rings is 2. The third kappa shape index (κ3) is 3.03. The highest BCUT2D eigenvalue weighted by Crippen LogP contribution is 2.30. The zero-order chi connectivity index (χ0) is 15.6. The van der Waals surface area contributed by atoms with Crippen LogP contribution in [0.3, 0.4) is 0 Å². The van der Waals surface area contributed by atoms with Crippen molar-refractivity contribution >= 4 is 16.7 Å². The van der Waals surface area contributed by atoms with Gasteiger partial charge in [-0.3, -0.25) is 0 Å². The first-order valence-electron chi connectivity index (χ1n) is 8.09. The van der Waals surface area contributed by atoms with Crippen LogP contribution in [0.2, 0.25) is 0 Å². The Bertz CT molecular complexity index is 840. The van der Waals surface area contributed by atoms with E-state index in [1.54, 1.807) is 6.33 Å². The highest BCUT2D eigenvalue weighted by molar-refractivity contribution is 5.92. The van der Waals surface area contributed by atoms with Crippen LogP contribution in [-0.4, -0.2) is 23.1 Å². The van der Waals surface area contributed by atoms with Gasteiger partial charge in [0.2, 0.25) is 0 Å². The van der Waals surface area contributed by atoms with E-state index in [0.717, 1.165) is 23.3 Å². The standard InChI is InChI=1S/C19H20N4/c1-20-11-13-3-2-4-14(9-13)15-5-8-18-17(10-15)19(22-12-21-18)23-16-6-7-16/h2-5,8-10,12,16,20H,6-7,11H2,1H3,(H,21,22,23). The van der Waals surface area contributed by atoms with Crippen molar-refractivity contribution < 1.29 is 0 Å². The minimum atomic E-state index is 0.579. The average Bonchev–Trinajstić information content (AvgIpc) is 3.39. The van der Waals surface area contributed by atoms with Gasteiger partial charge in [0.25, 0.3) is 0 Å². The third-order valence-electron chi connectivity index (χ3n) is 4.19. The molecule has 0 aliphatic heterocycles. The molecular formula is C19H20N4. The van der Waals surface area contributed by atoms with Gasteiger partial charge in [-0.1, -0.05) is 24.3 Å². The second-order valence-electron chi connectivity index (χ2n) is 6.10. The molecule has 0 atom stereocenters. The molecule has 3 aromatic rings. The van der Waals surface area contributed by atoms with Gasteiger partial charge in [-0.2, -0.15) is 0 Å². The lowest BCUT2D eigenvalue weighted by molar-refractivity contribution is 0.818. The molecule has 1 heterocycles. The highest BCUT2D eigenvalue weighted by atomic mass is 15.1. The molecule has 2 aromatic carbocycles. The first-order chi connectivity index (χ1) is 11.3. The van der Waals surface area contributed by atoms with Crippen LogP contribution in [0.4, 0.5) is 5.82 Å². The van der Waals surface area contributed by atoms with Crippen LogP contribution >= 0.6 is 0 Å². The lowest BCUT2D eigenvalue weighted by atomic mass is 10.0. The molecule has 4 rings (SSSR count). The molecule has 0 saturated heterocycles. The third-order valence-corrected chi connectivity index (χ3v) is 4.19. The van der Waals surface area contributed by atoms with Gasteiger partial charge >= 0.3 is 0 Å². The van der Waals surface area contributed by atoms with Crippen LogP contribution in [0.5, 0.6) is 0 Å². The second kappa shape index (κ2) is 5.97. The van der Waals surface area contributed by atoms with E-state index < -0.39 is 0 Å². The number of anilines is 1. The molecule has 0 spiro atoms. The predicted octanol–water partition coefficient (Wildman–Crippen LogP) is 3.59. The Labute approximate surface area is 136 Å². The molecule has 116 valence electrons. The molecule has 2 N–H and O–H groups in total. The fourth-order valence-electron chi connectivity index (χ4n) is 2.84. The Morgan fingerprint density at radius 2 is 1.91 bits per heavy atom. The molecule has 0 unspecified atom stereocenters. The maximum absolute atomic E-state index is 4.44. The smallest absolute Gasteiger partial charge is 0.137 e. The second-order valence-corrected chi connectivity index (χ2v) is 6.10. The summed E-state index contributed by atoms with van der Waals surface area (Å²) in [6.45, 7) is 0.874. The van der Waals surface area contributed by atoms with E-state index in [1.807, 2.05) is 7.05 Å². The summed E-state index contributed by atoms with van der Waals surface area (Å²) in [6, 6.07) is 15.6. The topological polar surface area (TPSA) is 49.8 Å². The normalized spacial score (nSPS) is 14.1. The lowest BCUT2D eigenvalue weighted by Crippen LogP contribution is -2.05. The van der Waals surface area contributed by atoms with E-state index in [4.69, 9.17) is 0 Å². The quantitative estimate of drug-likeness (QED) is 0.756. The van der Waals surface area contributed by atoms with Gasteiger partial charge in [-0.25, -0.2) is 9.97 Å². The number of nitrogens with one attached hydrogen (secondary N) is 2. The van der Waals surface area contributed by atoms with Gasteiger partial charge in [0, 0.05) is 18.0 Å². The molecule has 4 nitrogen and oxygen atoms in total. The van der Waals surface area contributed by atoms with Gasteiger partial charge in [-0.15, -0.1) is 0 Å². The zero-order valence-electron chi connectivity index (χ0n) is 13.2. The SMILES string of the molecule is CNCc1cccc(-c2ccc3ncnc(NC4CC4)c3c2)c1. The summed E-state index contributed by atoms with van der Waals surface area (Å²) in [5.41, 5.74) is 4.69. The molecule has 1 aliphatic rings. The van der Waals surface area contributed by atoms with E-state index >= 15 is 0 Å². The summed E-state index contributed by atoms with van der Waals surface area (Å²) in [5.74, 6) is 0.950. The van der Waals surface area contributed by atoms with E-state index in [1.165, 1.54) is 29.5 Å². The Kier molecular flexibility index (Phi) is 3.67. The zero-order valence-corrected chi connectivity index (χ0v) is 13.2. The molecule has 1 fully saturated rings. The molecule has 0 radical (unpaired) electrons. The molecular weight excluding hydrogens is 284 g/mol. The summed E-state index contributed by atoms with van der Waals surface area (Å²) in [4.78, 5) is 8.83. The maximum atomic E-state index is 4.44. The van der Waals surface area contributed by atoms with Crippen molar-refractivity contribution in [2.45, 2.75) is 25.4 Å². The van der Waals surface area contributed by atoms with Crippen molar-refractivity contribution in [3.8, 4) is 11.1 Å². The van der Waals surface area contributed by atoms with Crippen LogP contribution < -0.4 is 10.6 Å². The van der Waals surface area contributed by atoms with Gasteiger partial charge in [0.05, 0.1) is 5.52 Å². The Morgan fingerprint density at radius 3 is 2.74 bits per heavy atom. The molecule has 1 aromatic heterocycles. The molecule has 23 heavy (non-hydrogen) atoms. The molecule has 1 aliphatic carbocycles. The van der Waals surface area contributed by atoms with Crippen molar-refractivity contribution in [2.75, 3.05) is 12.4 Å². The minimum Gasteiger partial charge on any atom is -0.367 e. The first kappa shape index (κ1) is 14.2. The van der Waals surface area contributed by atoms with Crippen molar-refractivity contribution in [1.82, 2.24) is 15.3 Å². The van der Waals surface area contributed by atoms with Crippen molar-refractivity contribution in [1.29, 1.82) is 0 Å². The number of aromatic nitrogens is 2. The summed E-state index contributed by atoms with van der Waals surface area (Å²) in [7, 11) is 1.97. The summed E-state index contributed by atoms with van der Waals surface area (Å²) in [5, 5.41) is 7.80. The first-order valence-corrected chi connectivity index (χ1v) is 8.09. The van der Waals surface area contributed by atoms with Crippen molar-refractivity contribution in [2.24, 2.45) is 0 Å². The molecule has 4 heteroatoms. The minimum absolute atomic E-state index is 0.579. The Morgan fingerprint density at radius 1 is 1.04 bits per heavy atom. The van der Waals surface area contributed by atoms with Gasteiger partial charge in [0.15, 0.2) is 0 Å². The van der Waals surface area contributed by atoms with Crippen LogP contribution in [-0.2, 0) is 6.54 Å². The van der Waals surface area contributed by atoms with Crippen LogP contribution in [0.25, 0.3) is 22.0 Å². The monoisotopic (exact) mass is 304 g/mol. The van der Waals surface area contributed by atoms with Crippen molar-refractivity contribution in [3.05, 3.63) is 54.4 Å². The Hall–Kier alpha value is -2.46. The summed E-state index contributed by atoms with van der Waals surface area (Å²) in [6.07, 6.45) is 4.11. The predicted molar refractivity (Wildman–Crippen MR) is 94.4 cm³/mol. The Balaban J connectivity index is 1.76.